The average Bonchev–Trinajstić information content (AvgIpc) is 2.45. The highest BCUT2D eigenvalue weighted by Gasteiger charge is 2.07. The van der Waals surface area contributed by atoms with E-state index < -0.39 is 0 Å². The van der Waals surface area contributed by atoms with E-state index in [1.165, 1.54) is 0 Å². The van der Waals surface area contributed by atoms with E-state index in [1.807, 2.05) is 30.3 Å². The van der Waals surface area contributed by atoms with Gasteiger partial charge in [0.1, 0.15) is 16.2 Å². The van der Waals surface area contributed by atoms with Crippen LogP contribution in [0.1, 0.15) is 32.5 Å². The summed E-state index contributed by atoms with van der Waals surface area (Å²) in [4.78, 5) is 7.72. The summed E-state index contributed by atoms with van der Waals surface area (Å²) < 4.78 is 6.42. The lowest BCUT2D eigenvalue weighted by atomic mass is 10.1. The summed E-state index contributed by atoms with van der Waals surface area (Å²) in [5.74, 6) is 1.81. The van der Waals surface area contributed by atoms with Crippen LogP contribution in [0.15, 0.2) is 30.3 Å². The second-order valence-corrected chi connectivity index (χ2v) is 5.09. The molecule has 0 unspecified atom stereocenters. The molecule has 1 N–H and O–H groups in total. The molecule has 0 radical (unpaired) electrons. The second-order valence-electron chi connectivity index (χ2n) is 4.67. The molecule has 106 valence electrons. The van der Waals surface area contributed by atoms with Gasteiger partial charge in [0.25, 0.3) is 0 Å². The Kier molecular flexibility index (Phi) is 5.30. The molecule has 4 heteroatoms. The molecule has 0 atom stereocenters. The molecule has 0 saturated heterocycles. The van der Waals surface area contributed by atoms with Gasteiger partial charge in [-0.1, -0.05) is 38.2 Å². The van der Waals surface area contributed by atoms with Crippen molar-refractivity contribution in [3.05, 3.63) is 40.8 Å². The first-order valence-corrected chi connectivity index (χ1v) is 7.47. The zero-order valence-electron chi connectivity index (χ0n) is 12.0. The quantitative estimate of drug-likeness (QED) is 0.793. The molecule has 1 aromatic carbocycles. The van der Waals surface area contributed by atoms with Gasteiger partial charge in [0, 0.05) is 12.0 Å². The summed E-state index contributed by atoms with van der Waals surface area (Å²) in [6.07, 6.45) is 2.92. The van der Waals surface area contributed by atoms with Gasteiger partial charge < -0.3 is 9.72 Å². The normalized spacial score (nSPS) is 10.5. The molecule has 0 fully saturated rings. The molecule has 3 nitrogen and oxygen atoms in total. The molecule has 0 aliphatic heterocycles. The highest BCUT2D eigenvalue weighted by Crippen LogP contribution is 2.28. The predicted molar refractivity (Wildman–Crippen MR) is 84.6 cm³/mol. The van der Waals surface area contributed by atoms with Gasteiger partial charge in [0.15, 0.2) is 0 Å². The SMILES string of the molecule is CCCOc1ccccc1-c1cc(=S)nc(CCC)[nH]1. The van der Waals surface area contributed by atoms with Crippen LogP contribution in [0.2, 0.25) is 0 Å². The van der Waals surface area contributed by atoms with E-state index in [9.17, 15) is 0 Å². The Bertz CT molecular complexity index is 622. The van der Waals surface area contributed by atoms with E-state index in [0.717, 1.165) is 42.1 Å². The first-order valence-electron chi connectivity index (χ1n) is 7.07. The van der Waals surface area contributed by atoms with E-state index >= 15 is 0 Å². The third-order valence-corrected chi connectivity index (χ3v) is 3.13. The van der Waals surface area contributed by atoms with Crippen LogP contribution < -0.4 is 4.74 Å². The lowest BCUT2D eigenvalue weighted by Gasteiger charge is -2.11. The van der Waals surface area contributed by atoms with E-state index in [1.54, 1.807) is 0 Å². The molecule has 0 aliphatic carbocycles. The maximum atomic E-state index is 5.81. The van der Waals surface area contributed by atoms with Crippen molar-refractivity contribution < 1.29 is 4.74 Å². The van der Waals surface area contributed by atoms with Crippen molar-refractivity contribution in [1.82, 2.24) is 9.97 Å². The zero-order chi connectivity index (χ0) is 14.4. The minimum Gasteiger partial charge on any atom is -0.493 e. The van der Waals surface area contributed by atoms with E-state index in [0.29, 0.717) is 11.2 Å². The molecule has 1 aromatic heterocycles. The van der Waals surface area contributed by atoms with Crippen LogP contribution in [-0.2, 0) is 6.42 Å². The van der Waals surface area contributed by atoms with Crippen LogP contribution in [-0.4, -0.2) is 16.6 Å². The summed E-state index contributed by atoms with van der Waals surface area (Å²) in [6.45, 7) is 4.94. The minimum absolute atomic E-state index is 0.618. The number of nitrogens with zero attached hydrogens (tertiary/aromatic N) is 1. The number of benzene rings is 1. The highest BCUT2D eigenvalue weighted by molar-refractivity contribution is 7.71. The van der Waals surface area contributed by atoms with Gasteiger partial charge >= 0.3 is 0 Å². The van der Waals surface area contributed by atoms with Crippen LogP contribution in [0.5, 0.6) is 5.75 Å². The number of aromatic nitrogens is 2. The number of aryl methyl sites for hydroxylation is 1. The summed E-state index contributed by atoms with van der Waals surface area (Å²) in [5.41, 5.74) is 2.01. The third-order valence-electron chi connectivity index (χ3n) is 2.92. The number of nitrogens with one attached hydrogen (secondary N) is 1. The summed E-state index contributed by atoms with van der Waals surface area (Å²) in [7, 11) is 0. The van der Waals surface area contributed by atoms with Gasteiger partial charge in [-0.15, -0.1) is 0 Å². The smallest absolute Gasteiger partial charge is 0.130 e. The van der Waals surface area contributed by atoms with Crippen LogP contribution in [0.25, 0.3) is 11.3 Å². The predicted octanol–water partition coefficient (Wildman–Crippen LogP) is 4.55. The van der Waals surface area contributed by atoms with Gasteiger partial charge in [-0.05, 0) is 31.0 Å². The maximum absolute atomic E-state index is 5.81. The molecule has 0 spiro atoms. The van der Waals surface area contributed by atoms with Crippen molar-refractivity contribution in [2.75, 3.05) is 6.61 Å². The first-order chi connectivity index (χ1) is 9.74. The Morgan fingerprint density at radius 1 is 1.20 bits per heavy atom. The van der Waals surface area contributed by atoms with Gasteiger partial charge in [-0.3, -0.25) is 0 Å². The van der Waals surface area contributed by atoms with Crippen LogP contribution in [0.3, 0.4) is 0 Å². The fourth-order valence-electron chi connectivity index (χ4n) is 2.04. The third kappa shape index (κ3) is 3.67. The summed E-state index contributed by atoms with van der Waals surface area (Å²) in [6, 6.07) is 9.91. The molecular weight excluding hydrogens is 268 g/mol. The fraction of sp³-hybridized carbons (Fsp3) is 0.375. The summed E-state index contributed by atoms with van der Waals surface area (Å²) in [5, 5.41) is 0. The number of hydrogen-bond acceptors (Lipinski definition) is 3. The number of hydrogen-bond donors (Lipinski definition) is 1. The Hall–Kier alpha value is -1.68. The van der Waals surface area contributed by atoms with E-state index in [-0.39, 0.29) is 0 Å². The number of H-pyrrole nitrogens is 1. The number of rotatable bonds is 6. The number of para-hydroxylation sites is 1. The highest BCUT2D eigenvalue weighted by atomic mass is 32.1. The molecule has 0 bridgehead atoms. The van der Waals surface area contributed by atoms with Crippen molar-refractivity contribution in [1.29, 1.82) is 0 Å². The topological polar surface area (TPSA) is 37.9 Å². The van der Waals surface area contributed by atoms with Crippen molar-refractivity contribution in [3.63, 3.8) is 0 Å². The van der Waals surface area contributed by atoms with Crippen molar-refractivity contribution in [2.45, 2.75) is 33.1 Å². The molecule has 1 heterocycles. The zero-order valence-corrected chi connectivity index (χ0v) is 12.8. The molecule has 2 aromatic rings. The van der Waals surface area contributed by atoms with Crippen LogP contribution in [0.4, 0.5) is 0 Å². The van der Waals surface area contributed by atoms with Crippen LogP contribution >= 0.6 is 12.2 Å². The van der Waals surface area contributed by atoms with Gasteiger partial charge in [-0.25, -0.2) is 4.98 Å². The number of ether oxygens (including phenoxy) is 1. The average molecular weight is 288 g/mol. The van der Waals surface area contributed by atoms with Gasteiger partial charge in [0.05, 0.1) is 12.3 Å². The molecular formula is C16H20N2OS. The van der Waals surface area contributed by atoms with Gasteiger partial charge in [0.2, 0.25) is 0 Å². The molecule has 2 rings (SSSR count). The van der Waals surface area contributed by atoms with Crippen molar-refractivity contribution in [2.24, 2.45) is 0 Å². The first kappa shape index (κ1) is 14.7. The Morgan fingerprint density at radius 2 is 2.00 bits per heavy atom. The Balaban J connectivity index is 2.42. The maximum Gasteiger partial charge on any atom is 0.130 e. The number of aromatic amines is 1. The standard InChI is InChI=1S/C16H20N2OS/c1-3-7-15-17-13(11-16(20)18-15)12-8-5-6-9-14(12)19-10-4-2/h5-6,8-9,11H,3-4,7,10H2,1-2H3,(H,17,18,20). The van der Waals surface area contributed by atoms with E-state index in [2.05, 4.69) is 23.8 Å². The second kappa shape index (κ2) is 7.20. The monoisotopic (exact) mass is 288 g/mol. The lowest BCUT2D eigenvalue weighted by molar-refractivity contribution is 0.318. The Morgan fingerprint density at radius 3 is 2.75 bits per heavy atom. The van der Waals surface area contributed by atoms with Crippen LogP contribution in [0, 0.1) is 4.64 Å². The molecule has 0 amide bonds. The molecule has 0 saturated carbocycles. The van der Waals surface area contributed by atoms with Crippen molar-refractivity contribution in [3.8, 4) is 17.0 Å². The lowest BCUT2D eigenvalue weighted by Crippen LogP contribution is -2.00. The fourth-order valence-corrected chi connectivity index (χ4v) is 2.26. The van der Waals surface area contributed by atoms with Crippen molar-refractivity contribution >= 4 is 12.2 Å². The minimum atomic E-state index is 0.618. The van der Waals surface area contributed by atoms with E-state index in [4.69, 9.17) is 17.0 Å². The largest absolute Gasteiger partial charge is 0.493 e. The molecule has 0 aliphatic rings. The summed E-state index contributed by atoms with van der Waals surface area (Å²) >= 11 is 5.26. The van der Waals surface area contributed by atoms with Gasteiger partial charge in [-0.2, -0.15) is 0 Å². The molecule has 20 heavy (non-hydrogen) atoms. The Labute approximate surface area is 125 Å².